The summed E-state index contributed by atoms with van der Waals surface area (Å²) in [6, 6.07) is 7.10. The molecule has 1 N–H and O–H groups in total. The summed E-state index contributed by atoms with van der Waals surface area (Å²) in [6.45, 7) is 4.26. The van der Waals surface area contributed by atoms with Crippen LogP contribution in [0.4, 0.5) is 5.00 Å². The molecule has 3 aromatic rings. The maximum atomic E-state index is 12.8. The second-order valence-electron chi connectivity index (χ2n) is 7.63. The predicted molar refractivity (Wildman–Crippen MR) is 130 cm³/mol. The van der Waals surface area contributed by atoms with E-state index in [4.69, 9.17) is 16.3 Å². The van der Waals surface area contributed by atoms with Gasteiger partial charge in [-0.05, 0) is 72.4 Å². The molecule has 11 heteroatoms. The fourth-order valence-corrected chi connectivity index (χ4v) is 6.00. The van der Waals surface area contributed by atoms with Crippen LogP contribution >= 0.6 is 34.7 Å². The Balaban J connectivity index is 1.48. The number of rotatable bonds is 8. The summed E-state index contributed by atoms with van der Waals surface area (Å²) >= 11 is 8.65. The van der Waals surface area contributed by atoms with Crippen LogP contribution in [0.5, 0.6) is 0 Å². The number of benzene rings is 1. The first-order valence-corrected chi connectivity index (χ1v) is 13.0. The molecule has 1 aliphatic rings. The molecule has 4 rings (SSSR count). The summed E-state index contributed by atoms with van der Waals surface area (Å²) in [5, 5.41) is 16.3. The lowest BCUT2D eigenvalue weighted by Crippen LogP contribution is -2.18. The average Bonchev–Trinajstić information content (AvgIpc) is 3.42. The molecule has 0 aliphatic heterocycles. The second kappa shape index (κ2) is 10.7. The zero-order valence-electron chi connectivity index (χ0n) is 18.3. The summed E-state index contributed by atoms with van der Waals surface area (Å²) in [6.07, 6.45) is 3.92. The summed E-state index contributed by atoms with van der Waals surface area (Å²) in [5.41, 5.74) is 2.28. The Morgan fingerprint density at radius 1 is 1.30 bits per heavy atom. The molecule has 0 radical (unpaired) electrons. The number of carbonyl (C=O) groups excluding carboxylic acids is 2. The predicted octanol–water partition coefficient (Wildman–Crippen LogP) is 4.80. The molecular formula is C22H24ClN5O3S2. The van der Waals surface area contributed by atoms with Gasteiger partial charge in [-0.3, -0.25) is 4.79 Å². The zero-order valence-corrected chi connectivity index (χ0v) is 20.7. The van der Waals surface area contributed by atoms with Gasteiger partial charge in [0.25, 0.3) is 0 Å². The molecule has 174 valence electrons. The number of fused-ring (bicyclic) bond motifs is 1. The SMILES string of the molecule is CCOC(=O)c1c(NC(=O)CSc2nnnn2-c2ccc(Cl)cc2)sc2c1CCC(CC)C2. The number of aromatic nitrogens is 4. The topological polar surface area (TPSA) is 99.0 Å². The van der Waals surface area contributed by atoms with E-state index in [0.717, 1.165) is 36.9 Å². The third-order valence-electron chi connectivity index (χ3n) is 5.52. The van der Waals surface area contributed by atoms with Crippen LogP contribution < -0.4 is 5.32 Å². The van der Waals surface area contributed by atoms with E-state index in [1.165, 1.54) is 28.0 Å². The Bertz CT molecular complexity index is 1150. The Labute approximate surface area is 205 Å². The number of thioether (sulfide) groups is 1. The van der Waals surface area contributed by atoms with Crippen LogP contribution in [0.25, 0.3) is 5.69 Å². The van der Waals surface area contributed by atoms with Gasteiger partial charge in [0.2, 0.25) is 11.1 Å². The molecule has 1 atom stereocenters. The van der Waals surface area contributed by atoms with Gasteiger partial charge in [-0.2, -0.15) is 4.68 Å². The average molecular weight is 506 g/mol. The van der Waals surface area contributed by atoms with E-state index < -0.39 is 0 Å². The van der Waals surface area contributed by atoms with Gasteiger partial charge < -0.3 is 10.1 Å². The molecule has 2 aromatic heterocycles. The van der Waals surface area contributed by atoms with Crippen LogP contribution in [0.3, 0.4) is 0 Å². The molecule has 1 aliphatic carbocycles. The number of carbonyl (C=O) groups is 2. The molecule has 1 aromatic carbocycles. The monoisotopic (exact) mass is 505 g/mol. The Morgan fingerprint density at radius 2 is 2.09 bits per heavy atom. The number of amides is 1. The molecule has 1 unspecified atom stereocenters. The smallest absolute Gasteiger partial charge is 0.341 e. The fraction of sp³-hybridized carbons (Fsp3) is 0.409. The number of hydrogen-bond acceptors (Lipinski definition) is 8. The molecule has 0 saturated heterocycles. The highest BCUT2D eigenvalue weighted by Gasteiger charge is 2.30. The van der Waals surface area contributed by atoms with Crippen molar-refractivity contribution in [3.8, 4) is 5.69 Å². The van der Waals surface area contributed by atoms with Crippen molar-refractivity contribution in [1.82, 2.24) is 20.2 Å². The number of halogens is 1. The highest BCUT2D eigenvalue weighted by atomic mass is 35.5. The minimum absolute atomic E-state index is 0.0936. The van der Waals surface area contributed by atoms with E-state index in [-0.39, 0.29) is 24.2 Å². The standard InChI is InChI=1S/C22H24ClN5O3S2/c1-3-13-5-10-16-17(11-13)33-20(19(16)21(30)31-4-2)24-18(29)12-32-22-25-26-27-28(22)15-8-6-14(23)7-9-15/h6-9,13H,3-5,10-12H2,1-2H3,(H,24,29). The minimum atomic E-state index is -0.375. The largest absolute Gasteiger partial charge is 0.462 e. The number of nitrogens with one attached hydrogen (secondary N) is 1. The summed E-state index contributed by atoms with van der Waals surface area (Å²) in [7, 11) is 0. The number of thiophene rings is 1. The lowest BCUT2D eigenvalue weighted by Gasteiger charge is -2.20. The summed E-state index contributed by atoms with van der Waals surface area (Å²) in [5.74, 6) is 0.0922. The van der Waals surface area contributed by atoms with Crippen LogP contribution in [0, 0.1) is 5.92 Å². The zero-order chi connectivity index (χ0) is 23.4. The van der Waals surface area contributed by atoms with Crippen molar-refractivity contribution >= 4 is 51.6 Å². The number of esters is 1. The molecule has 0 fully saturated rings. The first-order valence-electron chi connectivity index (χ1n) is 10.8. The van der Waals surface area contributed by atoms with Crippen molar-refractivity contribution in [2.45, 2.75) is 44.7 Å². The maximum Gasteiger partial charge on any atom is 0.341 e. The van der Waals surface area contributed by atoms with Crippen molar-refractivity contribution in [2.24, 2.45) is 5.92 Å². The summed E-state index contributed by atoms with van der Waals surface area (Å²) < 4.78 is 6.84. The van der Waals surface area contributed by atoms with Gasteiger partial charge in [0, 0.05) is 9.90 Å². The third kappa shape index (κ3) is 5.39. The van der Waals surface area contributed by atoms with E-state index in [2.05, 4.69) is 27.8 Å². The van der Waals surface area contributed by atoms with Crippen LogP contribution in [-0.2, 0) is 22.4 Å². The molecule has 2 heterocycles. The third-order valence-corrected chi connectivity index (χ3v) is 7.86. The first kappa shape index (κ1) is 23.7. The molecule has 0 saturated carbocycles. The first-order chi connectivity index (χ1) is 16.0. The van der Waals surface area contributed by atoms with Gasteiger partial charge in [-0.15, -0.1) is 16.4 Å². The van der Waals surface area contributed by atoms with Gasteiger partial charge in [-0.25, -0.2) is 4.79 Å². The van der Waals surface area contributed by atoms with Gasteiger partial charge in [0.1, 0.15) is 5.00 Å². The van der Waals surface area contributed by atoms with Crippen LogP contribution in [0.2, 0.25) is 5.02 Å². The van der Waals surface area contributed by atoms with Crippen LogP contribution in [0.15, 0.2) is 29.4 Å². The number of hydrogen-bond donors (Lipinski definition) is 1. The van der Waals surface area contributed by atoms with Crippen molar-refractivity contribution in [2.75, 3.05) is 17.7 Å². The lowest BCUT2D eigenvalue weighted by molar-refractivity contribution is -0.113. The second-order valence-corrected chi connectivity index (χ2v) is 10.1. The highest BCUT2D eigenvalue weighted by Crippen LogP contribution is 2.41. The summed E-state index contributed by atoms with van der Waals surface area (Å²) in [4.78, 5) is 26.7. The number of tetrazole rings is 1. The minimum Gasteiger partial charge on any atom is -0.462 e. The van der Waals surface area contributed by atoms with Gasteiger partial charge >= 0.3 is 5.97 Å². The van der Waals surface area contributed by atoms with E-state index in [0.29, 0.717) is 26.7 Å². The number of anilines is 1. The van der Waals surface area contributed by atoms with Gasteiger partial charge in [0.15, 0.2) is 0 Å². The van der Waals surface area contributed by atoms with Crippen molar-refractivity contribution in [1.29, 1.82) is 0 Å². The molecule has 8 nitrogen and oxygen atoms in total. The van der Waals surface area contributed by atoms with Crippen molar-refractivity contribution < 1.29 is 14.3 Å². The molecule has 1 amide bonds. The molecule has 0 bridgehead atoms. The molecule has 0 spiro atoms. The number of nitrogens with zero attached hydrogens (tertiary/aromatic N) is 4. The Hall–Kier alpha value is -2.43. The molecular weight excluding hydrogens is 482 g/mol. The van der Waals surface area contributed by atoms with E-state index in [1.807, 2.05) is 0 Å². The van der Waals surface area contributed by atoms with Gasteiger partial charge in [-0.1, -0.05) is 36.7 Å². The van der Waals surface area contributed by atoms with Crippen molar-refractivity contribution in [3.63, 3.8) is 0 Å². The fourth-order valence-electron chi connectivity index (χ4n) is 3.82. The number of ether oxygens (including phenoxy) is 1. The van der Waals surface area contributed by atoms with Gasteiger partial charge in [0.05, 0.1) is 23.6 Å². The Kier molecular flexibility index (Phi) is 7.67. The van der Waals surface area contributed by atoms with E-state index in [1.54, 1.807) is 35.9 Å². The maximum absolute atomic E-state index is 12.8. The van der Waals surface area contributed by atoms with E-state index >= 15 is 0 Å². The lowest BCUT2D eigenvalue weighted by atomic mass is 9.85. The highest BCUT2D eigenvalue weighted by molar-refractivity contribution is 7.99. The van der Waals surface area contributed by atoms with Crippen LogP contribution in [0.1, 0.15) is 47.5 Å². The normalized spacial score (nSPS) is 15.2. The molecule has 33 heavy (non-hydrogen) atoms. The van der Waals surface area contributed by atoms with Crippen LogP contribution in [-0.4, -0.2) is 44.4 Å². The quantitative estimate of drug-likeness (QED) is 0.346. The Morgan fingerprint density at radius 3 is 2.82 bits per heavy atom. The van der Waals surface area contributed by atoms with E-state index in [9.17, 15) is 9.59 Å². The van der Waals surface area contributed by atoms with Crippen molar-refractivity contribution in [3.05, 3.63) is 45.3 Å².